The Bertz CT molecular complexity index is 1070. The highest BCUT2D eigenvalue weighted by Crippen LogP contribution is 2.42. The summed E-state index contributed by atoms with van der Waals surface area (Å²) in [6.07, 6.45) is 1.99. The maximum Gasteiger partial charge on any atom is 0.254 e. The van der Waals surface area contributed by atoms with E-state index < -0.39 is 11.7 Å². The van der Waals surface area contributed by atoms with E-state index in [2.05, 4.69) is 10.6 Å². The molecule has 1 heterocycles. The smallest absolute Gasteiger partial charge is 0.254 e. The SMILES string of the molecule is CC1=C(C(=O)Nc2cccc(F)c2)C(c2cccc(Cl)c2)C2=C(CCCC2=O)N1. The summed E-state index contributed by atoms with van der Waals surface area (Å²) < 4.78 is 13.6. The van der Waals surface area contributed by atoms with Gasteiger partial charge in [0.2, 0.25) is 0 Å². The number of carbonyl (C=O) groups is 2. The average Bonchev–Trinajstić information content (AvgIpc) is 2.67. The number of Topliss-reactive ketones (excluding diaryl/α,β-unsaturated/α-hetero) is 1. The summed E-state index contributed by atoms with van der Waals surface area (Å²) in [4.78, 5) is 26.1. The molecule has 29 heavy (non-hydrogen) atoms. The Kier molecular flexibility index (Phi) is 5.24. The normalized spacial score (nSPS) is 19.0. The lowest BCUT2D eigenvalue weighted by atomic mass is 9.75. The third-order valence-corrected chi connectivity index (χ3v) is 5.52. The van der Waals surface area contributed by atoms with E-state index in [0.29, 0.717) is 34.0 Å². The highest BCUT2D eigenvalue weighted by molar-refractivity contribution is 6.30. The number of halogens is 2. The molecule has 148 valence electrons. The molecule has 0 bridgehead atoms. The van der Waals surface area contributed by atoms with Gasteiger partial charge in [0, 0.05) is 45.6 Å². The Balaban J connectivity index is 1.79. The molecule has 6 heteroatoms. The van der Waals surface area contributed by atoms with Gasteiger partial charge in [-0.25, -0.2) is 4.39 Å². The molecule has 4 nitrogen and oxygen atoms in total. The first-order valence-corrected chi connectivity index (χ1v) is 9.88. The summed E-state index contributed by atoms with van der Waals surface area (Å²) in [5, 5.41) is 6.56. The molecule has 2 aromatic rings. The maximum absolute atomic E-state index is 13.6. The second kappa shape index (κ2) is 7.84. The van der Waals surface area contributed by atoms with Crippen LogP contribution in [0.2, 0.25) is 5.02 Å². The lowest BCUT2D eigenvalue weighted by molar-refractivity contribution is -0.116. The van der Waals surface area contributed by atoms with E-state index in [1.54, 1.807) is 18.2 Å². The van der Waals surface area contributed by atoms with Gasteiger partial charge in [-0.05, 0) is 55.7 Å². The maximum atomic E-state index is 13.6. The number of hydrogen-bond acceptors (Lipinski definition) is 3. The fraction of sp³-hybridized carbons (Fsp3) is 0.217. The number of carbonyl (C=O) groups excluding carboxylic acids is 2. The Labute approximate surface area is 173 Å². The Morgan fingerprint density at radius 1 is 1.17 bits per heavy atom. The van der Waals surface area contributed by atoms with Crippen molar-refractivity contribution in [2.45, 2.75) is 32.1 Å². The molecule has 2 aromatic carbocycles. The molecule has 1 aliphatic carbocycles. The van der Waals surface area contributed by atoms with Crippen LogP contribution >= 0.6 is 11.6 Å². The summed E-state index contributed by atoms with van der Waals surface area (Å²) >= 11 is 6.21. The van der Waals surface area contributed by atoms with Crippen molar-refractivity contribution in [1.82, 2.24) is 5.32 Å². The summed E-state index contributed by atoms with van der Waals surface area (Å²) in [6, 6.07) is 13.0. The van der Waals surface area contributed by atoms with Crippen LogP contribution in [0.5, 0.6) is 0 Å². The second-order valence-corrected chi connectivity index (χ2v) is 7.72. The van der Waals surface area contributed by atoms with Crippen LogP contribution < -0.4 is 10.6 Å². The zero-order valence-corrected chi connectivity index (χ0v) is 16.6. The standard InChI is InChI=1S/C23H20ClFN2O2/c1-13-20(23(29)27-17-8-3-7-16(25)12-17)21(14-5-2-6-15(24)11-14)22-18(26-13)9-4-10-19(22)28/h2-3,5-8,11-12,21,26H,4,9-10H2,1H3,(H,27,29). The largest absolute Gasteiger partial charge is 0.362 e. The molecule has 0 fully saturated rings. The van der Waals surface area contributed by atoms with Gasteiger partial charge in [-0.3, -0.25) is 9.59 Å². The minimum Gasteiger partial charge on any atom is -0.362 e. The van der Waals surface area contributed by atoms with Crippen LogP contribution in [0.4, 0.5) is 10.1 Å². The van der Waals surface area contributed by atoms with Crippen LogP contribution in [-0.4, -0.2) is 11.7 Å². The number of hydrogen-bond donors (Lipinski definition) is 2. The quantitative estimate of drug-likeness (QED) is 0.741. The van der Waals surface area contributed by atoms with E-state index in [1.807, 2.05) is 19.1 Å². The minimum atomic E-state index is -0.522. The molecule has 4 rings (SSSR count). The topological polar surface area (TPSA) is 58.2 Å². The van der Waals surface area contributed by atoms with Gasteiger partial charge in [-0.2, -0.15) is 0 Å². The van der Waals surface area contributed by atoms with Crippen LogP contribution in [0.15, 0.2) is 71.1 Å². The number of dihydropyridines is 1. The van der Waals surface area contributed by atoms with Gasteiger partial charge >= 0.3 is 0 Å². The number of amides is 1. The van der Waals surface area contributed by atoms with Gasteiger partial charge in [-0.15, -0.1) is 0 Å². The molecular weight excluding hydrogens is 391 g/mol. The fourth-order valence-corrected chi connectivity index (χ4v) is 4.27. The van der Waals surface area contributed by atoms with E-state index >= 15 is 0 Å². The number of allylic oxidation sites excluding steroid dienone is 3. The van der Waals surface area contributed by atoms with Crippen LogP contribution in [0.1, 0.15) is 37.7 Å². The molecule has 1 unspecified atom stereocenters. The molecule has 0 saturated heterocycles. The summed E-state index contributed by atoms with van der Waals surface area (Å²) in [7, 11) is 0. The molecule has 1 amide bonds. The van der Waals surface area contributed by atoms with E-state index in [-0.39, 0.29) is 11.7 Å². The molecule has 2 aliphatic rings. The van der Waals surface area contributed by atoms with E-state index in [4.69, 9.17) is 11.6 Å². The van der Waals surface area contributed by atoms with Gasteiger partial charge in [0.05, 0.1) is 0 Å². The number of benzene rings is 2. The van der Waals surface area contributed by atoms with Crippen molar-refractivity contribution in [2.75, 3.05) is 5.32 Å². The molecule has 2 N–H and O–H groups in total. The van der Waals surface area contributed by atoms with Crippen LogP contribution in [0, 0.1) is 5.82 Å². The zero-order chi connectivity index (χ0) is 20.5. The Morgan fingerprint density at radius 3 is 2.72 bits per heavy atom. The monoisotopic (exact) mass is 410 g/mol. The van der Waals surface area contributed by atoms with Crippen molar-refractivity contribution in [2.24, 2.45) is 0 Å². The second-order valence-electron chi connectivity index (χ2n) is 7.29. The van der Waals surface area contributed by atoms with Gasteiger partial charge in [0.1, 0.15) is 5.82 Å². The summed E-state index contributed by atoms with van der Waals surface area (Å²) in [6.45, 7) is 1.82. The van der Waals surface area contributed by atoms with Crippen LogP contribution in [0.3, 0.4) is 0 Å². The molecule has 0 radical (unpaired) electrons. The van der Waals surface area contributed by atoms with Crippen molar-refractivity contribution in [3.05, 3.63) is 87.5 Å². The first kappa shape index (κ1) is 19.4. The van der Waals surface area contributed by atoms with Crippen LogP contribution in [0.25, 0.3) is 0 Å². The minimum absolute atomic E-state index is 0.0345. The number of rotatable bonds is 3. The third-order valence-electron chi connectivity index (χ3n) is 5.29. The lowest BCUT2D eigenvalue weighted by Crippen LogP contribution is -2.35. The highest BCUT2D eigenvalue weighted by atomic mass is 35.5. The summed E-state index contributed by atoms with van der Waals surface area (Å²) in [5.74, 6) is -1.30. The van der Waals surface area contributed by atoms with Gasteiger partial charge in [0.25, 0.3) is 5.91 Å². The molecule has 0 aromatic heterocycles. The van der Waals surface area contributed by atoms with E-state index in [0.717, 1.165) is 24.1 Å². The summed E-state index contributed by atoms with van der Waals surface area (Å²) in [5.41, 5.74) is 3.74. The number of anilines is 1. The van der Waals surface area contributed by atoms with Crippen molar-refractivity contribution in [1.29, 1.82) is 0 Å². The zero-order valence-electron chi connectivity index (χ0n) is 15.9. The van der Waals surface area contributed by atoms with Crippen molar-refractivity contribution in [3.63, 3.8) is 0 Å². The van der Waals surface area contributed by atoms with E-state index in [1.165, 1.54) is 18.2 Å². The first-order chi connectivity index (χ1) is 13.9. The average molecular weight is 411 g/mol. The van der Waals surface area contributed by atoms with Gasteiger partial charge in [0.15, 0.2) is 5.78 Å². The first-order valence-electron chi connectivity index (χ1n) is 9.50. The predicted molar refractivity (Wildman–Crippen MR) is 111 cm³/mol. The fourth-order valence-electron chi connectivity index (χ4n) is 4.07. The number of ketones is 1. The molecular formula is C23H20ClFN2O2. The van der Waals surface area contributed by atoms with Crippen molar-refractivity contribution >= 4 is 29.0 Å². The van der Waals surface area contributed by atoms with Crippen molar-refractivity contribution in [3.8, 4) is 0 Å². The van der Waals surface area contributed by atoms with Crippen LogP contribution in [-0.2, 0) is 9.59 Å². The highest BCUT2D eigenvalue weighted by Gasteiger charge is 2.38. The van der Waals surface area contributed by atoms with Gasteiger partial charge < -0.3 is 10.6 Å². The lowest BCUT2D eigenvalue weighted by Gasteiger charge is -2.34. The Hall–Kier alpha value is -2.92. The van der Waals surface area contributed by atoms with Crippen molar-refractivity contribution < 1.29 is 14.0 Å². The molecule has 1 aliphatic heterocycles. The predicted octanol–water partition coefficient (Wildman–Crippen LogP) is 5.09. The molecule has 0 saturated carbocycles. The van der Waals surface area contributed by atoms with E-state index in [9.17, 15) is 14.0 Å². The molecule has 0 spiro atoms. The van der Waals surface area contributed by atoms with Gasteiger partial charge in [-0.1, -0.05) is 29.8 Å². The number of nitrogens with one attached hydrogen (secondary N) is 2. The Morgan fingerprint density at radius 2 is 1.97 bits per heavy atom. The molecule has 1 atom stereocenters. The third kappa shape index (κ3) is 3.83.